The van der Waals surface area contributed by atoms with Crippen LogP contribution in [0.25, 0.3) is 0 Å². The molecular formula is C8H10N2. The lowest BCUT2D eigenvalue weighted by Gasteiger charge is -1.93. The van der Waals surface area contributed by atoms with Gasteiger partial charge in [-0.1, -0.05) is 6.08 Å². The molecule has 1 aliphatic heterocycles. The lowest BCUT2D eigenvalue weighted by Crippen LogP contribution is -1.94. The Morgan fingerprint density at radius 3 is 3.30 bits per heavy atom. The van der Waals surface area contributed by atoms with Crippen LogP contribution in [0.1, 0.15) is 25.7 Å². The van der Waals surface area contributed by atoms with Crippen molar-refractivity contribution in [2.75, 3.05) is 0 Å². The van der Waals surface area contributed by atoms with Crippen LogP contribution in [-0.4, -0.2) is 12.1 Å². The predicted molar refractivity (Wildman–Crippen MR) is 42.5 cm³/mol. The van der Waals surface area contributed by atoms with Gasteiger partial charge in [-0.15, -0.1) is 0 Å². The standard InChI is InChI=1S/C8H10N2/c1-2-4-7-8(5-3-1)10-6-9-7/h4,6H,1-3,5H2. The van der Waals surface area contributed by atoms with Crippen molar-refractivity contribution >= 4 is 12.1 Å². The van der Waals surface area contributed by atoms with Gasteiger partial charge in [-0.05, 0) is 25.7 Å². The van der Waals surface area contributed by atoms with Gasteiger partial charge in [0.25, 0.3) is 0 Å². The third kappa shape index (κ3) is 0.897. The Kier molecular flexibility index (Phi) is 1.38. The molecule has 0 N–H and O–H groups in total. The van der Waals surface area contributed by atoms with E-state index in [-0.39, 0.29) is 0 Å². The lowest BCUT2D eigenvalue weighted by molar-refractivity contribution is 0.789. The number of allylic oxidation sites excluding steroid dienone is 2. The molecule has 0 atom stereocenters. The molecule has 1 heterocycles. The van der Waals surface area contributed by atoms with Crippen molar-refractivity contribution < 1.29 is 0 Å². The molecule has 0 aromatic carbocycles. The van der Waals surface area contributed by atoms with E-state index < -0.39 is 0 Å². The summed E-state index contributed by atoms with van der Waals surface area (Å²) in [5.74, 6) is 0. The first-order valence-electron chi connectivity index (χ1n) is 3.76. The molecule has 0 aromatic heterocycles. The normalized spacial score (nSPS) is 23.2. The molecule has 0 radical (unpaired) electrons. The van der Waals surface area contributed by atoms with Crippen molar-refractivity contribution in [1.29, 1.82) is 0 Å². The molecule has 52 valence electrons. The van der Waals surface area contributed by atoms with Crippen LogP contribution in [0.3, 0.4) is 0 Å². The highest BCUT2D eigenvalue weighted by atomic mass is 15.0. The van der Waals surface area contributed by atoms with E-state index in [4.69, 9.17) is 0 Å². The smallest absolute Gasteiger partial charge is 0.116 e. The minimum absolute atomic E-state index is 1.12. The first-order chi connectivity index (χ1) is 4.97. The van der Waals surface area contributed by atoms with Crippen LogP contribution in [0.2, 0.25) is 0 Å². The number of aliphatic imine (C=N–C) groups is 2. The zero-order valence-electron chi connectivity index (χ0n) is 5.88. The maximum atomic E-state index is 4.17. The van der Waals surface area contributed by atoms with Gasteiger partial charge in [0.2, 0.25) is 0 Å². The highest BCUT2D eigenvalue weighted by Gasteiger charge is 2.11. The van der Waals surface area contributed by atoms with E-state index >= 15 is 0 Å². The van der Waals surface area contributed by atoms with E-state index in [1.54, 1.807) is 6.34 Å². The summed E-state index contributed by atoms with van der Waals surface area (Å²) in [5.41, 5.74) is 2.31. The van der Waals surface area contributed by atoms with Crippen molar-refractivity contribution in [3.8, 4) is 0 Å². The first kappa shape index (κ1) is 5.83. The molecule has 0 saturated heterocycles. The molecule has 1 aliphatic carbocycles. The third-order valence-corrected chi connectivity index (χ3v) is 1.91. The molecule has 0 saturated carbocycles. The number of rotatable bonds is 0. The van der Waals surface area contributed by atoms with Crippen LogP contribution < -0.4 is 0 Å². The van der Waals surface area contributed by atoms with Crippen molar-refractivity contribution in [3.63, 3.8) is 0 Å². The summed E-state index contributed by atoms with van der Waals surface area (Å²) in [4.78, 5) is 8.32. The second kappa shape index (κ2) is 2.37. The molecule has 0 aromatic rings. The number of fused-ring (bicyclic) bond motifs is 1. The van der Waals surface area contributed by atoms with Crippen LogP contribution in [0.5, 0.6) is 0 Å². The van der Waals surface area contributed by atoms with Gasteiger partial charge in [-0.2, -0.15) is 0 Å². The maximum absolute atomic E-state index is 4.17. The number of nitrogens with zero attached hydrogens (tertiary/aromatic N) is 2. The molecule has 0 unspecified atom stereocenters. The molecule has 0 spiro atoms. The van der Waals surface area contributed by atoms with E-state index in [0.29, 0.717) is 0 Å². The van der Waals surface area contributed by atoms with Crippen LogP contribution >= 0.6 is 0 Å². The quantitative estimate of drug-likeness (QED) is 0.483. The molecule has 2 heteroatoms. The first-order valence-corrected chi connectivity index (χ1v) is 3.76. The Balaban J connectivity index is 2.28. The van der Waals surface area contributed by atoms with Crippen molar-refractivity contribution in [3.05, 3.63) is 11.8 Å². The van der Waals surface area contributed by atoms with E-state index in [1.165, 1.54) is 25.0 Å². The number of hydrogen-bond donors (Lipinski definition) is 0. The van der Waals surface area contributed by atoms with Gasteiger partial charge in [0, 0.05) is 0 Å². The topological polar surface area (TPSA) is 24.7 Å². The van der Waals surface area contributed by atoms with Crippen LogP contribution in [0.15, 0.2) is 21.8 Å². The molecule has 10 heavy (non-hydrogen) atoms. The summed E-state index contributed by atoms with van der Waals surface area (Å²) in [6.45, 7) is 0. The highest BCUT2D eigenvalue weighted by Crippen LogP contribution is 2.18. The van der Waals surface area contributed by atoms with Gasteiger partial charge in [0.15, 0.2) is 0 Å². The predicted octanol–water partition coefficient (Wildman–Crippen LogP) is 1.93. The van der Waals surface area contributed by atoms with Gasteiger partial charge in [0.05, 0.1) is 11.4 Å². The van der Waals surface area contributed by atoms with E-state index in [1.807, 2.05) is 0 Å². The minimum atomic E-state index is 1.12. The van der Waals surface area contributed by atoms with Gasteiger partial charge in [0.1, 0.15) is 6.34 Å². The Morgan fingerprint density at radius 2 is 2.30 bits per heavy atom. The zero-order valence-corrected chi connectivity index (χ0v) is 5.88. The lowest BCUT2D eigenvalue weighted by atomic mass is 10.2. The summed E-state index contributed by atoms with van der Waals surface area (Å²) < 4.78 is 0. The Bertz CT molecular complexity index is 223. The van der Waals surface area contributed by atoms with Gasteiger partial charge in [-0.3, -0.25) is 0 Å². The molecule has 0 amide bonds. The number of hydrogen-bond acceptors (Lipinski definition) is 2. The van der Waals surface area contributed by atoms with Crippen molar-refractivity contribution in [2.24, 2.45) is 9.98 Å². The van der Waals surface area contributed by atoms with Gasteiger partial charge < -0.3 is 0 Å². The second-order valence-corrected chi connectivity index (χ2v) is 2.66. The van der Waals surface area contributed by atoms with Crippen molar-refractivity contribution in [2.45, 2.75) is 25.7 Å². The third-order valence-electron chi connectivity index (χ3n) is 1.91. The fourth-order valence-electron chi connectivity index (χ4n) is 1.34. The van der Waals surface area contributed by atoms with Crippen LogP contribution in [-0.2, 0) is 0 Å². The summed E-state index contributed by atoms with van der Waals surface area (Å²) in [6, 6.07) is 0. The monoisotopic (exact) mass is 134 g/mol. The molecule has 2 rings (SSSR count). The van der Waals surface area contributed by atoms with E-state index in [9.17, 15) is 0 Å². The minimum Gasteiger partial charge on any atom is -0.239 e. The van der Waals surface area contributed by atoms with Crippen LogP contribution in [0, 0.1) is 0 Å². The zero-order chi connectivity index (χ0) is 6.81. The fourth-order valence-corrected chi connectivity index (χ4v) is 1.34. The average molecular weight is 134 g/mol. The SMILES string of the molecule is C1=NC2=CCCCCC2=N1. The van der Waals surface area contributed by atoms with Gasteiger partial charge in [-0.25, -0.2) is 9.98 Å². The molecule has 2 aliphatic rings. The Labute approximate surface area is 60.4 Å². The van der Waals surface area contributed by atoms with Gasteiger partial charge >= 0.3 is 0 Å². The van der Waals surface area contributed by atoms with Crippen molar-refractivity contribution in [1.82, 2.24) is 0 Å². The fraction of sp³-hybridized carbons (Fsp3) is 0.500. The maximum Gasteiger partial charge on any atom is 0.116 e. The molecule has 2 nitrogen and oxygen atoms in total. The summed E-state index contributed by atoms with van der Waals surface area (Å²) in [6.07, 6.45) is 8.69. The highest BCUT2D eigenvalue weighted by molar-refractivity contribution is 6.07. The van der Waals surface area contributed by atoms with E-state index in [2.05, 4.69) is 16.1 Å². The molecular weight excluding hydrogens is 124 g/mol. The summed E-state index contributed by atoms with van der Waals surface area (Å²) in [5, 5.41) is 0. The average Bonchev–Trinajstić information content (AvgIpc) is 2.28. The molecule has 0 bridgehead atoms. The molecule has 0 fully saturated rings. The Morgan fingerprint density at radius 1 is 1.30 bits per heavy atom. The summed E-state index contributed by atoms with van der Waals surface area (Å²) >= 11 is 0. The Hall–Kier alpha value is -0.920. The summed E-state index contributed by atoms with van der Waals surface area (Å²) in [7, 11) is 0. The van der Waals surface area contributed by atoms with Crippen LogP contribution in [0.4, 0.5) is 0 Å². The largest absolute Gasteiger partial charge is 0.239 e. The van der Waals surface area contributed by atoms with E-state index in [0.717, 1.165) is 12.1 Å². The second-order valence-electron chi connectivity index (χ2n) is 2.66.